The molecular weight excluding hydrogens is 565 g/mol. The quantitative estimate of drug-likeness (QED) is 0.323. The molecule has 1 N–H and O–H groups in total. The smallest absolute Gasteiger partial charge is 0.244 e. The number of halogens is 2. The average molecular weight is 600 g/mol. The first-order chi connectivity index (χ1) is 19.6. The predicted molar refractivity (Wildman–Crippen MR) is 160 cm³/mol. The first kappa shape index (κ1) is 30.5. The standard InChI is InChI=1S/C31H35ClFN3O4S/c1-41(39,40)36(28-14-8-11-25(32)20-28)22-30(37)35(21-24-15-17-26(33)18-16-24)29(19-23-9-4-2-5-10-23)31(38)34-27-12-6-3-7-13-27/h2,4-5,8-11,14-18,20,27,29H,3,6-7,12-13,19,21-22H2,1H3,(H,34,38)/t29-/m1/s1. The highest BCUT2D eigenvalue weighted by Crippen LogP contribution is 2.24. The molecule has 3 aromatic carbocycles. The first-order valence-electron chi connectivity index (χ1n) is 13.7. The third-order valence-electron chi connectivity index (χ3n) is 7.26. The van der Waals surface area contributed by atoms with Gasteiger partial charge in [0, 0.05) is 24.0 Å². The van der Waals surface area contributed by atoms with Gasteiger partial charge in [0.1, 0.15) is 18.4 Å². The Hall–Kier alpha value is -3.43. The number of anilines is 1. The van der Waals surface area contributed by atoms with Gasteiger partial charge in [0.2, 0.25) is 21.8 Å². The molecule has 0 saturated heterocycles. The minimum atomic E-state index is -3.89. The van der Waals surface area contributed by atoms with Crippen LogP contribution in [0, 0.1) is 5.82 Å². The van der Waals surface area contributed by atoms with Crippen LogP contribution in [0.15, 0.2) is 78.9 Å². The molecule has 0 unspecified atom stereocenters. The van der Waals surface area contributed by atoms with Crippen LogP contribution in [0.5, 0.6) is 0 Å². The normalized spacial score (nSPS) is 14.7. The van der Waals surface area contributed by atoms with E-state index in [-0.39, 0.29) is 30.6 Å². The molecule has 1 aliphatic rings. The molecule has 0 aliphatic heterocycles. The zero-order chi connectivity index (χ0) is 29.4. The predicted octanol–water partition coefficient (Wildman–Crippen LogP) is 5.33. The van der Waals surface area contributed by atoms with Crippen LogP contribution in [0.3, 0.4) is 0 Å². The highest BCUT2D eigenvalue weighted by atomic mass is 35.5. The van der Waals surface area contributed by atoms with Gasteiger partial charge in [-0.25, -0.2) is 12.8 Å². The monoisotopic (exact) mass is 599 g/mol. The first-order valence-corrected chi connectivity index (χ1v) is 15.9. The van der Waals surface area contributed by atoms with Gasteiger partial charge in [0.15, 0.2) is 0 Å². The molecule has 1 fully saturated rings. The van der Waals surface area contributed by atoms with Crippen LogP contribution in [-0.4, -0.2) is 50.0 Å². The van der Waals surface area contributed by atoms with Gasteiger partial charge >= 0.3 is 0 Å². The van der Waals surface area contributed by atoms with Crippen LogP contribution in [0.4, 0.5) is 10.1 Å². The molecule has 41 heavy (non-hydrogen) atoms. The molecule has 2 amide bonds. The molecule has 0 bridgehead atoms. The summed E-state index contributed by atoms with van der Waals surface area (Å²) in [5.41, 5.74) is 1.70. The van der Waals surface area contributed by atoms with Crippen molar-refractivity contribution in [1.82, 2.24) is 10.2 Å². The largest absolute Gasteiger partial charge is 0.352 e. The summed E-state index contributed by atoms with van der Waals surface area (Å²) in [5.74, 6) is -1.30. The van der Waals surface area contributed by atoms with Crippen molar-refractivity contribution < 1.29 is 22.4 Å². The number of amides is 2. The number of rotatable bonds is 11. The minimum absolute atomic E-state index is 0.0104. The zero-order valence-electron chi connectivity index (χ0n) is 23.0. The summed E-state index contributed by atoms with van der Waals surface area (Å²) < 4.78 is 40.4. The topological polar surface area (TPSA) is 86.8 Å². The molecule has 218 valence electrons. The molecule has 1 atom stereocenters. The minimum Gasteiger partial charge on any atom is -0.352 e. The van der Waals surface area contributed by atoms with Gasteiger partial charge < -0.3 is 10.2 Å². The van der Waals surface area contributed by atoms with Gasteiger partial charge in [-0.05, 0) is 54.3 Å². The summed E-state index contributed by atoms with van der Waals surface area (Å²) in [7, 11) is -3.89. The molecule has 4 rings (SSSR count). The Balaban J connectivity index is 1.71. The zero-order valence-corrected chi connectivity index (χ0v) is 24.6. The van der Waals surface area contributed by atoms with Gasteiger partial charge in [-0.2, -0.15) is 0 Å². The molecule has 1 aliphatic carbocycles. The van der Waals surface area contributed by atoms with E-state index in [9.17, 15) is 22.4 Å². The van der Waals surface area contributed by atoms with Gasteiger partial charge in [-0.1, -0.05) is 79.4 Å². The average Bonchev–Trinajstić information content (AvgIpc) is 2.95. The second kappa shape index (κ2) is 14.0. The van der Waals surface area contributed by atoms with E-state index in [1.165, 1.54) is 23.1 Å². The van der Waals surface area contributed by atoms with Crippen molar-refractivity contribution in [3.63, 3.8) is 0 Å². The lowest BCUT2D eigenvalue weighted by molar-refractivity contribution is -0.140. The molecule has 1 saturated carbocycles. The van der Waals surface area contributed by atoms with E-state index in [1.807, 2.05) is 30.3 Å². The maximum Gasteiger partial charge on any atom is 0.244 e. The lowest BCUT2D eigenvalue weighted by atomic mass is 9.94. The number of carbonyl (C=O) groups is 2. The summed E-state index contributed by atoms with van der Waals surface area (Å²) in [6, 6.07) is 20.4. The van der Waals surface area contributed by atoms with Crippen molar-refractivity contribution >= 4 is 39.1 Å². The molecule has 10 heteroatoms. The van der Waals surface area contributed by atoms with Crippen molar-refractivity contribution in [1.29, 1.82) is 0 Å². The maximum absolute atomic E-state index is 14.1. The van der Waals surface area contributed by atoms with E-state index >= 15 is 0 Å². The Labute approximate surface area is 246 Å². The number of hydrogen-bond acceptors (Lipinski definition) is 4. The summed E-state index contributed by atoms with van der Waals surface area (Å²) in [4.78, 5) is 29.4. The Kier molecular flexibility index (Phi) is 10.4. The number of benzene rings is 3. The van der Waals surface area contributed by atoms with E-state index in [1.54, 1.807) is 30.3 Å². The van der Waals surface area contributed by atoms with Crippen LogP contribution in [0.25, 0.3) is 0 Å². The van der Waals surface area contributed by atoms with Crippen molar-refractivity contribution in [2.75, 3.05) is 17.1 Å². The molecule has 0 heterocycles. The molecular formula is C31H35ClFN3O4S. The van der Waals surface area contributed by atoms with Crippen molar-refractivity contribution in [3.05, 3.63) is 101 Å². The number of nitrogens with zero attached hydrogens (tertiary/aromatic N) is 2. The fourth-order valence-electron chi connectivity index (χ4n) is 5.13. The van der Waals surface area contributed by atoms with Gasteiger partial charge in [0.25, 0.3) is 0 Å². The van der Waals surface area contributed by atoms with Crippen LogP contribution < -0.4 is 9.62 Å². The highest BCUT2D eigenvalue weighted by molar-refractivity contribution is 7.92. The Bertz CT molecular complexity index is 1430. The van der Waals surface area contributed by atoms with Crippen molar-refractivity contribution in [3.8, 4) is 0 Å². The van der Waals surface area contributed by atoms with E-state index in [4.69, 9.17) is 11.6 Å². The third-order valence-corrected chi connectivity index (χ3v) is 8.64. The van der Waals surface area contributed by atoms with Crippen molar-refractivity contribution in [2.24, 2.45) is 0 Å². The summed E-state index contributed by atoms with van der Waals surface area (Å²) in [6.07, 6.45) is 6.15. The van der Waals surface area contributed by atoms with E-state index in [0.29, 0.717) is 10.6 Å². The Morgan fingerprint density at radius 1 is 0.951 bits per heavy atom. The van der Waals surface area contributed by atoms with Gasteiger partial charge in [-0.15, -0.1) is 0 Å². The summed E-state index contributed by atoms with van der Waals surface area (Å²) in [5, 5.41) is 3.47. The fourth-order valence-corrected chi connectivity index (χ4v) is 6.16. The number of nitrogens with one attached hydrogen (secondary N) is 1. The van der Waals surface area contributed by atoms with Gasteiger partial charge in [-0.3, -0.25) is 13.9 Å². The molecule has 0 radical (unpaired) electrons. The number of hydrogen-bond donors (Lipinski definition) is 1. The Morgan fingerprint density at radius 3 is 2.27 bits per heavy atom. The van der Waals surface area contributed by atoms with Crippen LogP contribution in [-0.2, 0) is 32.6 Å². The third kappa shape index (κ3) is 8.78. The maximum atomic E-state index is 14.1. The second-order valence-electron chi connectivity index (χ2n) is 10.4. The van der Waals surface area contributed by atoms with Gasteiger partial charge in [0.05, 0.1) is 11.9 Å². The Morgan fingerprint density at radius 2 is 1.63 bits per heavy atom. The van der Waals surface area contributed by atoms with E-state index in [2.05, 4.69) is 5.32 Å². The number of carbonyl (C=O) groups excluding carboxylic acids is 2. The highest BCUT2D eigenvalue weighted by Gasteiger charge is 2.34. The second-order valence-corrected chi connectivity index (χ2v) is 12.8. The fraction of sp³-hybridized carbons (Fsp3) is 0.355. The molecule has 3 aromatic rings. The lowest BCUT2D eigenvalue weighted by Gasteiger charge is -2.35. The lowest BCUT2D eigenvalue weighted by Crippen LogP contribution is -2.55. The SMILES string of the molecule is CS(=O)(=O)N(CC(=O)N(Cc1ccc(F)cc1)[C@H](Cc1ccccc1)C(=O)NC1CCCCC1)c1cccc(Cl)c1. The van der Waals surface area contributed by atoms with Crippen LogP contribution in [0.2, 0.25) is 5.02 Å². The summed E-state index contributed by atoms with van der Waals surface area (Å²) in [6.45, 7) is -0.551. The van der Waals surface area contributed by atoms with E-state index in [0.717, 1.165) is 48.2 Å². The molecule has 0 spiro atoms. The number of sulfonamides is 1. The van der Waals surface area contributed by atoms with Crippen molar-refractivity contribution in [2.45, 2.75) is 57.2 Å². The summed E-state index contributed by atoms with van der Waals surface area (Å²) >= 11 is 6.13. The molecule has 7 nitrogen and oxygen atoms in total. The van der Waals surface area contributed by atoms with E-state index < -0.39 is 34.3 Å². The van der Waals surface area contributed by atoms with Crippen LogP contribution >= 0.6 is 11.6 Å². The molecule has 0 aromatic heterocycles. The van der Waals surface area contributed by atoms with Crippen LogP contribution in [0.1, 0.15) is 43.2 Å².